The molecule has 0 saturated heterocycles. The highest BCUT2D eigenvalue weighted by Gasteiger charge is 2.11. The maximum atomic E-state index is 12.1. The minimum absolute atomic E-state index is 0.246. The highest BCUT2D eigenvalue weighted by atomic mass is 127. The molecule has 0 aliphatic rings. The van der Waals surface area contributed by atoms with E-state index in [1.54, 1.807) is 18.2 Å². The van der Waals surface area contributed by atoms with Gasteiger partial charge in [-0.3, -0.25) is 4.79 Å². The first-order valence-corrected chi connectivity index (χ1v) is 6.64. The predicted molar refractivity (Wildman–Crippen MR) is 83.0 cm³/mol. The molecule has 0 aliphatic heterocycles. The van der Waals surface area contributed by atoms with E-state index in [1.807, 2.05) is 24.3 Å². The molecule has 0 unspecified atom stereocenters. The zero-order valence-electron chi connectivity index (χ0n) is 9.28. The van der Waals surface area contributed by atoms with Crippen LogP contribution in [0.15, 0.2) is 42.5 Å². The molecule has 1 amide bonds. The Labute approximate surface area is 123 Å². The first-order valence-electron chi connectivity index (χ1n) is 5.19. The molecule has 0 saturated carbocycles. The maximum Gasteiger partial charge on any atom is 0.257 e. The number of carbonyl (C=O) groups excluding carboxylic acids is 1. The van der Waals surface area contributed by atoms with Crippen molar-refractivity contribution in [2.24, 2.45) is 0 Å². The Morgan fingerprint density at radius 1 is 1.22 bits per heavy atom. The van der Waals surface area contributed by atoms with Crippen LogP contribution in [0.1, 0.15) is 10.4 Å². The maximum absolute atomic E-state index is 12.1. The lowest BCUT2D eigenvalue weighted by molar-refractivity contribution is 0.102. The fourth-order valence-corrected chi connectivity index (χ4v) is 2.26. The number of hydrogen-bond acceptors (Lipinski definition) is 2. The van der Waals surface area contributed by atoms with Gasteiger partial charge < -0.3 is 11.1 Å². The molecule has 0 spiro atoms. The molecular weight excluding hydrogens is 363 g/mol. The van der Waals surface area contributed by atoms with E-state index in [1.165, 1.54) is 0 Å². The molecule has 2 aromatic rings. The highest BCUT2D eigenvalue weighted by molar-refractivity contribution is 14.1. The number of carbonyl (C=O) groups is 1. The predicted octanol–water partition coefficient (Wildman–Crippen LogP) is 3.78. The van der Waals surface area contributed by atoms with Crippen molar-refractivity contribution in [3.05, 3.63) is 56.6 Å². The molecule has 0 atom stereocenters. The topological polar surface area (TPSA) is 55.1 Å². The number of benzene rings is 2. The number of halogens is 2. The van der Waals surface area contributed by atoms with Crippen LogP contribution in [0.2, 0.25) is 5.02 Å². The molecule has 3 N–H and O–H groups in total. The first kappa shape index (κ1) is 13.2. The molecule has 0 fully saturated rings. The van der Waals surface area contributed by atoms with Crippen LogP contribution < -0.4 is 11.1 Å². The van der Waals surface area contributed by atoms with Gasteiger partial charge in [-0.25, -0.2) is 0 Å². The third kappa shape index (κ3) is 2.94. The molecule has 0 aliphatic carbocycles. The van der Waals surface area contributed by atoms with E-state index in [0.717, 1.165) is 9.26 Å². The Morgan fingerprint density at radius 3 is 2.61 bits per heavy atom. The number of nitrogen functional groups attached to an aromatic ring is 1. The Morgan fingerprint density at radius 2 is 1.94 bits per heavy atom. The van der Waals surface area contributed by atoms with Crippen molar-refractivity contribution < 1.29 is 4.79 Å². The van der Waals surface area contributed by atoms with Gasteiger partial charge in [0.1, 0.15) is 0 Å². The zero-order chi connectivity index (χ0) is 13.1. The lowest BCUT2D eigenvalue weighted by Crippen LogP contribution is -2.13. The van der Waals surface area contributed by atoms with Crippen molar-refractivity contribution in [2.45, 2.75) is 0 Å². The van der Waals surface area contributed by atoms with Crippen LogP contribution in [0.5, 0.6) is 0 Å². The largest absolute Gasteiger partial charge is 0.399 e. The Bertz CT molecular complexity index is 601. The lowest BCUT2D eigenvalue weighted by Gasteiger charge is -2.08. The fraction of sp³-hybridized carbons (Fsp3) is 0. The van der Waals surface area contributed by atoms with Gasteiger partial charge in [-0.15, -0.1) is 0 Å². The average molecular weight is 373 g/mol. The van der Waals surface area contributed by atoms with Crippen molar-refractivity contribution >= 4 is 51.5 Å². The van der Waals surface area contributed by atoms with Gasteiger partial charge in [0.05, 0.1) is 16.3 Å². The van der Waals surface area contributed by atoms with Crippen LogP contribution in [0.3, 0.4) is 0 Å². The Kier molecular flexibility index (Phi) is 4.08. The second-order valence-electron chi connectivity index (χ2n) is 3.67. The first-order chi connectivity index (χ1) is 8.58. The number of para-hydroxylation sites is 1. The summed E-state index contributed by atoms with van der Waals surface area (Å²) in [6.45, 7) is 0. The second-order valence-corrected chi connectivity index (χ2v) is 5.24. The summed E-state index contributed by atoms with van der Waals surface area (Å²) in [7, 11) is 0. The lowest BCUT2D eigenvalue weighted by atomic mass is 10.2. The summed E-state index contributed by atoms with van der Waals surface area (Å²) < 4.78 is 0.968. The molecule has 5 heteroatoms. The minimum Gasteiger partial charge on any atom is -0.399 e. The third-order valence-electron chi connectivity index (χ3n) is 2.36. The van der Waals surface area contributed by atoms with Gasteiger partial charge in [-0.1, -0.05) is 23.7 Å². The molecule has 18 heavy (non-hydrogen) atoms. The van der Waals surface area contributed by atoms with Crippen molar-refractivity contribution in [3.63, 3.8) is 0 Å². The van der Waals surface area contributed by atoms with Crippen molar-refractivity contribution in [3.8, 4) is 0 Å². The number of rotatable bonds is 2. The summed E-state index contributed by atoms with van der Waals surface area (Å²) in [5, 5.41) is 3.16. The van der Waals surface area contributed by atoms with Crippen LogP contribution in [-0.2, 0) is 0 Å². The van der Waals surface area contributed by atoms with E-state index in [-0.39, 0.29) is 5.91 Å². The smallest absolute Gasteiger partial charge is 0.257 e. The standard InChI is InChI=1S/C13H10ClIN2O/c14-10-7-8(16)5-6-9(10)13(18)17-12-4-2-1-3-11(12)15/h1-7H,16H2,(H,17,18). The van der Waals surface area contributed by atoms with Gasteiger partial charge in [-0.05, 0) is 52.9 Å². The molecule has 2 aromatic carbocycles. The minimum atomic E-state index is -0.246. The van der Waals surface area contributed by atoms with E-state index in [2.05, 4.69) is 27.9 Å². The fourth-order valence-electron chi connectivity index (χ4n) is 1.47. The quantitative estimate of drug-likeness (QED) is 0.623. The molecule has 2 rings (SSSR count). The van der Waals surface area contributed by atoms with E-state index >= 15 is 0 Å². The van der Waals surface area contributed by atoms with E-state index in [4.69, 9.17) is 17.3 Å². The van der Waals surface area contributed by atoms with Crippen LogP contribution >= 0.6 is 34.2 Å². The van der Waals surface area contributed by atoms with Gasteiger partial charge in [0.25, 0.3) is 5.91 Å². The molecule has 3 nitrogen and oxygen atoms in total. The SMILES string of the molecule is Nc1ccc(C(=O)Nc2ccccc2I)c(Cl)c1. The van der Waals surface area contributed by atoms with Crippen LogP contribution in [0.25, 0.3) is 0 Å². The third-order valence-corrected chi connectivity index (χ3v) is 3.61. The normalized spacial score (nSPS) is 10.1. The number of nitrogens with two attached hydrogens (primary N) is 1. The van der Waals surface area contributed by atoms with Crippen LogP contribution in [0, 0.1) is 3.57 Å². The highest BCUT2D eigenvalue weighted by Crippen LogP contribution is 2.22. The second kappa shape index (κ2) is 5.58. The van der Waals surface area contributed by atoms with E-state index < -0.39 is 0 Å². The number of nitrogens with one attached hydrogen (secondary N) is 1. The number of amides is 1. The molecule has 0 heterocycles. The van der Waals surface area contributed by atoms with Crippen molar-refractivity contribution in [1.82, 2.24) is 0 Å². The number of anilines is 2. The Hall–Kier alpha value is -1.27. The van der Waals surface area contributed by atoms with E-state index in [0.29, 0.717) is 16.3 Å². The summed E-state index contributed by atoms with van der Waals surface area (Å²) in [6, 6.07) is 12.4. The molecule has 0 bridgehead atoms. The monoisotopic (exact) mass is 372 g/mol. The Balaban J connectivity index is 2.25. The van der Waals surface area contributed by atoms with Crippen molar-refractivity contribution in [2.75, 3.05) is 11.1 Å². The van der Waals surface area contributed by atoms with Crippen LogP contribution in [-0.4, -0.2) is 5.91 Å². The van der Waals surface area contributed by atoms with Gasteiger partial charge in [0.15, 0.2) is 0 Å². The summed E-state index contributed by atoms with van der Waals surface area (Å²) >= 11 is 8.15. The van der Waals surface area contributed by atoms with Crippen molar-refractivity contribution in [1.29, 1.82) is 0 Å². The molecular formula is C13H10ClIN2O. The van der Waals surface area contributed by atoms with E-state index in [9.17, 15) is 4.79 Å². The summed E-state index contributed by atoms with van der Waals surface area (Å²) in [6.07, 6.45) is 0. The molecule has 92 valence electrons. The summed E-state index contributed by atoms with van der Waals surface area (Å²) in [5.74, 6) is -0.246. The average Bonchev–Trinajstić information content (AvgIpc) is 2.32. The van der Waals surface area contributed by atoms with Gasteiger partial charge in [-0.2, -0.15) is 0 Å². The van der Waals surface area contributed by atoms with Gasteiger partial charge in [0.2, 0.25) is 0 Å². The molecule has 0 radical (unpaired) electrons. The summed E-state index contributed by atoms with van der Waals surface area (Å²) in [4.78, 5) is 12.1. The van der Waals surface area contributed by atoms with Gasteiger partial charge >= 0.3 is 0 Å². The molecule has 0 aromatic heterocycles. The zero-order valence-corrected chi connectivity index (χ0v) is 12.2. The summed E-state index contributed by atoms with van der Waals surface area (Å²) in [5.41, 5.74) is 7.29. The van der Waals surface area contributed by atoms with Crippen LogP contribution in [0.4, 0.5) is 11.4 Å². The van der Waals surface area contributed by atoms with Gasteiger partial charge in [0, 0.05) is 9.26 Å². The number of hydrogen-bond donors (Lipinski definition) is 2.